The number of carbonyl (C=O) groups excluding carboxylic acids is 4. The van der Waals surface area contributed by atoms with Gasteiger partial charge < -0.3 is 29.2 Å². The van der Waals surface area contributed by atoms with Crippen molar-refractivity contribution < 1.29 is 38.1 Å². The first-order valence-electron chi connectivity index (χ1n) is 12.3. The third-order valence-corrected chi connectivity index (χ3v) is 6.94. The smallest absolute Gasteiger partial charge is 0.348 e. The van der Waals surface area contributed by atoms with Crippen molar-refractivity contribution in [3.05, 3.63) is 64.0 Å². The number of nitrogens with one attached hydrogen (secondary N) is 2. The molecule has 2 aromatic carbocycles. The number of amides is 1. The fourth-order valence-corrected chi connectivity index (χ4v) is 4.95. The molecule has 208 valence electrons. The number of esters is 3. The molecule has 0 unspecified atom stereocenters. The highest BCUT2D eigenvalue weighted by atomic mass is 32.1. The van der Waals surface area contributed by atoms with Crippen LogP contribution in [0, 0.1) is 6.92 Å². The van der Waals surface area contributed by atoms with Crippen LogP contribution in [0.4, 0.5) is 5.00 Å². The topological polar surface area (TPSA) is 146 Å². The van der Waals surface area contributed by atoms with E-state index in [-0.39, 0.29) is 34.2 Å². The van der Waals surface area contributed by atoms with Gasteiger partial charge in [0.05, 0.1) is 42.5 Å². The van der Waals surface area contributed by atoms with Crippen LogP contribution < -0.4 is 10.1 Å². The van der Waals surface area contributed by atoms with E-state index in [1.165, 1.54) is 0 Å². The summed E-state index contributed by atoms with van der Waals surface area (Å²) in [6, 6.07) is 12.2. The summed E-state index contributed by atoms with van der Waals surface area (Å²) in [5.41, 5.74) is 2.70. The van der Waals surface area contributed by atoms with Gasteiger partial charge in [-0.3, -0.25) is 4.79 Å². The Hall–Kier alpha value is -4.71. The molecular weight excluding hydrogens is 538 g/mol. The Balaban J connectivity index is 1.45. The highest BCUT2D eigenvalue weighted by Crippen LogP contribution is 2.34. The predicted molar refractivity (Wildman–Crippen MR) is 148 cm³/mol. The lowest BCUT2D eigenvalue weighted by molar-refractivity contribution is -0.119. The first-order valence-corrected chi connectivity index (χ1v) is 13.2. The second-order valence-electron chi connectivity index (χ2n) is 8.37. The zero-order valence-electron chi connectivity index (χ0n) is 22.3. The summed E-state index contributed by atoms with van der Waals surface area (Å²) in [6.07, 6.45) is 0. The van der Waals surface area contributed by atoms with Gasteiger partial charge in [0.15, 0.2) is 6.61 Å². The SMILES string of the molecule is CCOC(=O)c1sc(NC(=O)COC(=O)c2ccc3nc(-c4ccc(OC)cc4)[nH]c3c2)c(C(=O)OCC)c1C. The molecule has 0 spiro atoms. The van der Waals surface area contributed by atoms with Crippen molar-refractivity contribution in [2.75, 3.05) is 32.2 Å². The van der Waals surface area contributed by atoms with E-state index in [0.717, 1.165) is 22.6 Å². The minimum Gasteiger partial charge on any atom is -0.497 e. The van der Waals surface area contributed by atoms with E-state index in [1.54, 1.807) is 46.1 Å². The largest absolute Gasteiger partial charge is 0.497 e. The fraction of sp³-hybridized carbons (Fsp3) is 0.250. The molecule has 4 rings (SSSR count). The van der Waals surface area contributed by atoms with Crippen molar-refractivity contribution in [3.8, 4) is 17.1 Å². The Morgan fingerprint density at radius 2 is 1.62 bits per heavy atom. The first kappa shape index (κ1) is 28.3. The third kappa shape index (κ3) is 6.12. The number of nitrogens with zero attached hydrogens (tertiary/aromatic N) is 1. The van der Waals surface area contributed by atoms with E-state index in [1.807, 2.05) is 24.3 Å². The summed E-state index contributed by atoms with van der Waals surface area (Å²) >= 11 is 0.885. The van der Waals surface area contributed by atoms with Gasteiger partial charge in [0.2, 0.25) is 0 Å². The quantitative estimate of drug-likeness (QED) is 0.205. The van der Waals surface area contributed by atoms with Crippen molar-refractivity contribution >= 4 is 51.2 Å². The number of carbonyl (C=O) groups is 4. The van der Waals surface area contributed by atoms with Crippen LogP contribution in [0.15, 0.2) is 42.5 Å². The number of methoxy groups -OCH3 is 1. The van der Waals surface area contributed by atoms with Gasteiger partial charge in [0, 0.05) is 5.56 Å². The van der Waals surface area contributed by atoms with Gasteiger partial charge in [-0.1, -0.05) is 0 Å². The second-order valence-corrected chi connectivity index (χ2v) is 9.39. The molecule has 0 fully saturated rings. The van der Waals surface area contributed by atoms with Crippen molar-refractivity contribution in [2.45, 2.75) is 20.8 Å². The summed E-state index contributed by atoms with van der Waals surface area (Å²) in [5, 5.41) is 2.64. The Morgan fingerprint density at radius 3 is 2.30 bits per heavy atom. The van der Waals surface area contributed by atoms with Crippen LogP contribution in [0.1, 0.15) is 49.8 Å². The van der Waals surface area contributed by atoms with Crippen LogP contribution in [-0.2, 0) is 19.0 Å². The summed E-state index contributed by atoms with van der Waals surface area (Å²) in [5.74, 6) is -1.39. The van der Waals surface area contributed by atoms with Crippen molar-refractivity contribution in [1.82, 2.24) is 9.97 Å². The van der Waals surface area contributed by atoms with E-state index in [4.69, 9.17) is 18.9 Å². The molecule has 40 heavy (non-hydrogen) atoms. The zero-order valence-corrected chi connectivity index (χ0v) is 23.1. The molecule has 0 bridgehead atoms. The minimum atomic E-state index is -0.724. The Kier molecular flexibility index (Phi) is 8.80. The number of H-pyrrole nitrogens is 1. The maximum atomic E-state index is 12.7. The van der Waals surface area contributed by atoms with Crippen LogP contribution in [0.5, 0.6) is 5.75 Å². The van der Waals surface area contributed by atoms with Crippen molar-refractivity contribution in [1.29, 1.82) is 0 Å². The highest BCUT2D eigenvalue weighted by Gasteiger charge is 2.27. The van der Waals surface area contributed by atoms with Crippen LogP contribution in [0.25, 0.3) is 22.4 Å². The lowest BCUT2D eigenvalue weighted by Gasteiger charge is -2.08. The molecule has 0 atom stereocenters. The van der Waals surface area contributed by atoms with Gasteiger partial charge in [-0.15, -0.1) is 11.3 Å². The molecule has 12 heteroatoms. The van der Waals surface area contributed by atoms with Crippen LogP contribution >= 0.6 is 11.3 Å². The molecule has 0 saturated carbocycles. The van der Waals surface area contributed by atoms with E-state index in [9.17, 15) is 19.2 Å². The van der Waals surface area contributed by atoms with Gasteiger partial charge in [0.1, 0.15) is 21.5 Å². The molecule has 0 aliphatic heterocycles. The number of aromatic nitrogens is 2. The lowest BCUT2D eigenvalue weighted by Crippen LogP contribution is -2.21. The molecule has 11 nitrogen and oxygen atoms in total. The number of anilines is 1. The zero-order chi connectivity index (χ0) is 28.8. The van der Waals surface area contributed by atoms with Gasteiger partial charge in [-0.05, 0) is 68.8 Å². The van der Waals surface area contributed by atoms with Crippen LogP contribution in [-0.4, -0.2) is 60.7 Å². The molecule has 0 radical (unpaired) electrons. The molecule has 2 N–H and O–H groups in total. The molecule has 0 saturated heterocycles. The highest BCUT2D eigenvalue weighted by molar-refractivity contribution is 7.18. The number of benzene rings is 2. The van der Waals surface area contributed by atoms with Crippen LogP contribution in [0.3, 0.4) is 0 Å². The lowest BCUT2D eigenvalue weighted by atomic mass is 10.1. The number of fused-ring (bicyclic) bond motifs is 1. The van der Waals surface area contributed by atoms with Gasteiger partial charge in [-0.2, -0.15) is 0 Å². The summed E-state index contributed by atoms with van der Waals surface area (Å²) in [7, 11) is 1.59. The van der Waals surface area contributed by atoms with E-state index in [2.05, 4.69) is 15.3 Å². The number of ether oxygens (including phenoxy) is 4. The fourth-order valence-electron chi connectivity index (χ4n) is 3.84. The number of rotatable bonds is 10. The Labute approximate surface area is 233 Å². The molecule has 2 aromatic heterocycles. The summed E-state index contributed by atoms with van der Waals surface area (Å²) in [4.78, 5) is 58.1. The molecule has 4 aromatic rings. The van der Waals surface area contributed by atoms with E-state index >= 15 is 0 Å². The molecule has 0 aliphatic carbocycles. The Morgan fingerprint density at radius 1 is 0.925 bits per heavy atom. The number of hydrogen-bond donors (Lipinski definition) is 2. The van der Waals surface area contributed by atoms with E-state index < -0.39 is 30.4 Å². The van der Waals surface area contributed by atoms with Crippen molar-refractivity contribution in [2.24, 2.45) is 0 Å². The molecular formula is C28H27N3O8S. The monoisotopic (exact) mass is 565 g/mol. The third-order valence-electron chi connectivity index (χ3n) is 5.76. The average molecular weight is 566 g/mol. The molecule has 1 amide bonds. The average Bonchev–Trinajstić information content (AvgIpc) is 3.52. The standard InChI is InChI=1S/C28H27N3O8S/c1-5-37-27(34)22-15(3)23(28(35)38-6-2)40-25(22)31-21(32)14-39-26(33)17-9-12-19-20(13-17)30-24(29-19)16-7-10-18(36-4)11-8-16/h7-13H,5-6,14H2,1-4H3,(H,29,30)(H,31,32). The van der Waals surface area contributed by atoms with Crippen molar-refractivity contribution in [3.63, 3.8) is 0 Å². The normalized spacial score (nSPS) is 10.7. The number of imidazole rings is 1. The number of hydrogen-bond acceptors (Lipinski definition) is 10. The van der Waals surface area contributed by atoms with Crippen LogP contribution in [0.2, 0.25) is 0 Å². The molecule has 0 aliphatic rings. The molecule has 2 heterocycles. The Bertz CT molecular complexity index is 1570. The number of aromatic amines is 1. The summed E-state index contributed by atoms with van der Waals surface area (Å²) in [6.45, 7) is 4.51. The second kappa shape index (κ2) is 12.4. The number of thiophene rings is 1. The minimum absolute atomic E-state index is 0.0481. The van der Waals surface area contributed by atoms with E-state index in [0.29, 0.717) is 22.4 Å². The van der Waals surface area contributed by atoms with Gasteiger partial charge in [-0.25, -0.2) is 19.4 Å². The van der Waals surface area contributed by atoms with Gasteiger partial charge >= 0.3 is 17.9 Å². The maximum Gasteiger partial charge on any atom is 0.348 e. The maximum absolute atomic E-state index is 12.7. The predicted octanol–water partition coefficient (Wildman–Crippen LogP) is 4.76. The first-order chi connectivity index (χ1) is 19.2. The summed E-state index contributed by atoms with van der Waals surface area (Å²) < 4.78 is 20.5. The van der Waals surface area contributed by atoms with Gasteiger partial charge in [0.25, 0.3) is 5.91 Å².